The lowest BCUT2D eigenvalue weighted by atomic mass is 10.1. The van der Waals surface area contributed by atoms with Gasteiger partial charge in [-0.1, -0.05) is 0 Å². The predicted octanol–water partition coefficient (Wildman–Crippen LogP) is -0.246. The van der Waals surface area contributed by atoms with Crippen LogP contribution in [0.25, 0.3) is 0 Å². The molecule has 0 aromatic heterocycles. The summed E-state index contributed by atoms with van der Waals surface area (Å²) in [7, 11) is 1.55. The van der Waals surface area contributed by atoms with Crippen LogP contribution in [0.15, 0.2) is 24.3 Å². The van der Waals surface area contributed by atoms with E-state index in [9.17, 15) is 19.2 Å². The Labute approximate surface area is 150 Å². The number of ether oxygens (including phenoxy) is 1. The van der Waals surface area contributed by atoms with Gasteiger partial charge < -0.3 is 25.4 Å². The van der Waals surface area contributed by atoms with Gasteiger partial charge >= 0.3 is 5.97 Å². The van der Waals surface area contributed by atoms with Crippen LogP contribution < -0.4 is 20.3 Å². The normalized spacial score (nSPS) is 17.5. The zero-order valence-electron chi connectivity index (χ0n) is 14.5. The zero-order valence-corrected chi connectivity index (χ0v) is 14.5. The van der Waals surface area contributed by atoms with Crippen molar-refractivity contribution in [2.75, 3.05) is 25.1 Å². The van der Waals surface area contributed by atoms with Crippen LogP contribution in [-0.2, 0) is 19.2 Å². The molecule has 9 nitrogen and oxygen atoms in total. The molecule has 1 aliphatic heterocycles. The molecule has 0 saturated carbocycles. The molecule has 2 unspecified atom stereocenters. The number of aliphatic carboxylic acids is 1. The smallest absolute Gasteiger partial charge is 0.322 e. The lowest BCUT2D eigenvalue weighted by Gasteiger charge is -2.18. The van der Waals surface area contributed by atoms with Crippen molar-refractivity contribution >= 4 is 29.4 Å². The zero-order chi connectivity index (χ0) is 19.3. The number of benzene rings is 1. The van der Waals surface area contributed by atoms with E-state index in [0.717, 1.165) is 0 Å². The van der Waals surface area contributed by atoms with Gasteiger partial charge in [0.2, 0.25) is 17.7 Å². The second-order valence-corrected chi connectivity index (χ2v) is 5.95. The lowest BCUT2D eigenvalue weighted by molar-refractivity contribution is -0.138. The average molecular weight is 363 g/mol. The number of nitrogens with zero attached hydrogens (tertiary/aromatic N) is 1. The second kappa shape index (κ2) is 8.32. The first kappa shape index (κ1) is 19.2. The molecule has 1 aliphatic rings. The summed E-state index contributed by atoms with van der Waals surface area (Å²) in [6.07, 6.45) is 0.0430. The van der Waals surface area contributed by atoms with Gasteiger partial charge in [-0.25, -0.2) is 0 Å². The van der Waals surface area contributed by atoms with Crippen molar-refractivity contribution in [3.63, 3.8) is 0 Å². The standard InChI is InChI=1S/C17H21N3O6/c1-10(16(24)18-8-15(22)23)19-17(25)11-7-14(21)20(9-11)12-3-5-13(26-2)6-4-12/h3-6,10-11H,7-9H2,1-2H3,(H,18,24)(H,19,25)(H,22,23). The maximum Gasteiger partial charge on any atom is 0.322 e. The second-order valence-electron chi connectivity index (χ2n) is 5.95. The maximum atomic E-state index is 12.3. The van der Waals surface area contributed by atoms with Crippen LogP contribution in [0, 0.1) is 5.92 Å². The van der Waals surface area contributed by atoms with Crippen LogP contribution in [0.4, 0.5) is 5.69 Å². The van der Waals surface area contributed by atoms with Crippen LogP contribution in [0.3, 0.4) is 0 Å². The third-order valence-electron chi connectivity index (χ3n) is 4.05. The van der Waals surface area contributed by atoms with Gasteiger partial charge in [0.15, 0.2) is 0 Å². The minimum Gasteiger partial charge on any atom is -0.497 e. The van der Waals surface area contributed by atoms with Crippen LogP contribution >= 0.6 is 0 Å². The molecule has 1 fully saturated rings. The molecule has 1 saturated heterocycles. The van der Waals surface area contributed by atoms with Gasteiger partial charge in [-0.05, 0) is 31.2 Å². The highest BCUT2D eigenvalue weighted by molar-refractivity contribution is 6.01. The fraction of sp³-hybridized carbons (Fsp3) is 0.412. The van der Waals surface area contributed by atoms with Crippen molar-refractivity contribution in [2.24, 2.45) is 5.92 Å². The monoisotopic (exact) mass is 363 g/mol. The fourth-order valence-electron chi connectivity index (χ4n) is 2.61. The average Bonchev–Trinajstić information content (AvgIpc) is 3.01. The fourth-order valence-corrected chi connectivity index (χ4v) is 2.61. The van der Waals surface area contributed by atoms with Gasteiger partial charge in [0.1, 0.15) is 18.3 Å². The van der Waals surface area contributed by atoms with E-state index in [1.807, 2.05) is 0 Å². The molecule has 0 aliphatic carbocycles. The van der Waals surface area contributed by atoms with E-state index >= 15 is 0 Å². The summed E-state index contributed by atoms with van der Waals surface area (Å²) >= 11 is 0. The summed E-state index contributed by atoms with van der Waals surface area (Å²) in [6.45, 7) is 1.14. The van der Waals surface area contributed by atoms with E-state index in [1.165, 1.54) is 11.8 Å². The minimum atomic E-state index is -1.17. The first-order chi connectivity index (χ1) is 12.3. The SMILES string of the molecule is COc1ccc(N2CC(C(=O)NC(C)C(=O)NCC(=O)O)CC2=O)cc1. The van der Waals surface area contributed by atoms with Crippen molar-refractivity contribution in [1.82, 2.24) is 10.6 Å². The van der Waals surface area contributed by atoms with E-state index in [2.05, 4.69) is 10.6 Å². The molecule has 2 atom stereocenters. The highest BCUT2D eigenvalue weighted by atomic mass is 16.5. The van der Waals surface area contributed by atoms with E-state index in [1.54, 1.807) is 31.4 Å². The number of nitrogens with one attached hydrogen (secondary N) is 2. The molecule has 0 spiro atoms. The number of hydrogen-bond donors (Lipinski definition) is 3. The molecular formula is C17H21N3O6. The Bertz CT molecular complexity index is 703. The first-order valence-electron chi connectivity index (χ1n) is 8.06. The Morgan fingerprint density at radius 2 is 1.96 bits per heavy atom. The topological polar surface area (TPSA) is 125 Å². The van der Waals surface area contributed by atoms with Crippen molar-refractivity contribution in [3.05, 3.63) is 24.3 Å². The third-order valence-corrected chi connectivity index (χ3v) is 4.05. The summed E-state index contributed by atoms with van der Waals surface area (Å²) in [5.41, 5.74) is 0.665. The quantitative estimate of drug-likeness (QED) is 0.614. The van der Waals surface area contributed by atoms with Gasteiger partial charge in [-0.3, -0.25) is 19.2 Å². The van der Waals surface area contributed by atoms with Crippen molar-refractivity contribution in [3.8, 4) is 5.75 Å². The number of anilines is 1. The Kier molecular flexibility index (Phi) is 6.16. The third kappa shape index (κ3) is 4.71. The lowest BCUT2D eigenvalue weighted by Crippen LogP contribution is -2.48. The van der Waals surface area contributed by atoms with Gasteiger partial charge in [-0.2, -0.15) is 0 Å². The number of carbonyl (C=O) groups is 4. The number of methoxy groups -OCH3 is 1. The molecule has 0 bridgehead atoms. The summed E-state index contributed by atoms with van der Waals surface area (Å²) in [4.78, 5) is 48.2. The van der Waals surface area contributed by atoms with E-state index in [4.69, 9.17) is 9.84 Å². The van der Waals surface area contributed by atoms with Crippen LogP contribution in [0.5, 0.6) is 5.75 Å². The number of rotatable bonds is 7. The summed E-state index contributed by atoms with van der Waals surface area (Å²) in [6, 6.07) is 6.03. The number of carbonyl (C=O) groups excluding carboxylic acids is 3. The molecule has 26 heavy (non-hydrogen) atoms. The molecule has 140 valence electrons. The van der Waals surface area contributed by atoms with Crippen molar-refractivity contribution < 1.29 is 29.0 Å². The molecular weight excluding hydrogens is 342 g/mol. The molecule has 1 heterocycles. The van der Waals surface area contributed by atoms with E-state index < -0.39 is 36.3 Å². The van der Waals surface area contributed by atoms with Gasteiger partial charge in [-0.15, -0.1) is 0 Å². The highest BCUT2D eigenvalue weighted by Crippen LogP contribution is 2.26. The Hall–Kier alpha value is -3.10. The predicted molar refractivity (Wildman–Crippen MR) is 91.7 cm³/mol. The van der Waals surface area contributed by atoms with Crippen LogP contribution in [0.1, 0.15) is 13.3 Å². The summed E-state index contributed by atoms with van der Waals surface area (Å²) in [5.74, 6) is -2.30. The van der Waals surface area contributed by atoms with Gasteiger partial charge in [0.05, 0.1) is 13.0 Å². The Balaban J connectivity index is 1.93. The van der Waals surface area contributed by atoms with E-state index in [-0.39, 0.29) is 18.9 Å². The van der Waals surface area contributed by atoms with Crippen molar-refractivity contribution in [1.29, 1.82) is 0 Å². The largest absolute Gasteiger partial charge is 0.497 e. The highest BCUT2D eigenvalue weighted by Gasteiger charge is 2.36. The summed E-state index contributed by atoms with van der Waals surface area (Å²) in [5, 5.41) is 13.2. The Morgan fingerprint density at radius 1 is 1.31 bits per heavy atom. The number of amides is 3. The molecule has 2 rings (SSSR count). The minimum absolute atomic E-state index is 0.0430. The molecule has 0 radical (unpaired) electrons. The molecule has 9 heteroatoms. The first-order valence-corrected chi connectivity index (χ1v) is 8.06. The van der Waals surface area contributed by atoms with Crippen molar-refractivity contribution in [2.45, 2.75) is 19.4 Å². The number of carboxylic acids is 1. The maximum absolute atomic E-state index is 12.3. The number of hydrogen-bond acceptors (Lipinski definition) is 5. The molecule has 1 aromatic carbocycles. The molecule has 3 amide bonds. The van der Waals surface area contributed by atoms with Gasteiger partial charge in [0, 0.05) is 18.7 Å². The van der Waals surface area contributed by atoms with Crippen LogP contribution in [-0.4, -0.2) is 55.0 Å². The van der Waals surface area contributed by atoms with Gasteiger partial charge in [0.25, 0.3) is 0 Å². The Morgan fingerprint density at radius 3 is 2.54 bits per heavy atom. The van der Waals surface area contributed by atoms with Crippen LogP contribution in [0.2, 0.25) is 0 Å². The molecule has 3 N–H and O–H groups in total. The summed E-state index contributed by atoms with van der Waals surface area (Å²) < 4.78 is 5.08. The van der Waals surface area contributed by atoms with E-state index in [0.29, 0.717) is 11.4 Å². The molecule has 1 aromatic rings. The number of carboxylic acid groups (broad SMARTS) is 1.